The first-order valence-electron chi connectivity index (χ1n) is 7.46. The Bertz CT molecular complexity index is 727. The van der Waals surface area contributed by atoms with Gasteiger partial charge in [0.2, 0.25) is 0 Å². The fourth-order valence-corrected chi connectivity index (χ4v) is 2.64. The molecule has 1 aliphatic heterocycles. The molecule has 3 rings (SSSR count). The minimum atomic E-state index is -0.241. The van der Waals surface area contributed by atoms with Crippen LogP contribution in [0.5, 0.6) is 11.5 Å². The van der Waals surface area contributed by atoms with Crippen LogP contribution in [0.4, 0.5) is 5.69 Å². The van der Waals surface area contributed by atoms with Crippen LogP contribution in [-0.2, 0) is 17.8 Å². The van der Waals surface area contributed by atoms with Crippen LogP contribution in [0.3, 0.4) is 0 Å². The summed E-state index contributed by atoms with van der Waals surface area (Å²) in [6.07, 6.45) is 0.819. The van der Waals surface area contributed by atoms with Gasteiger partial charge in [0.05, 0.1) is 19.8 Å². The van der Waals surface area contributed by atoms with Crippen molar-refractivity contribution in [3.63, 3.8) is 0 Å². The van der Waals surface area contributed by atoms with Crippen molar-refractivity contribution in [1.29, 1.82) is 0 Å². The van der Waals surface area contributed by atoms with Gasteiger partial charge in [-0.3, -0.25) is 0 Å². The molecule has 1 aliphatic rings. The van der Waals surface area contributed by atoms with E-state index >= 15 is 0 Å². The normalized spacial score (nSPS) is 12.5. The maximum atomic E-state index is 11.4. The van der Waals surface area contributed by atoms with Gasteiger partial charge < -0.3 is 19.5 Å². The van der Waals surface area contributed by atoms with Crippen LogP contribution in [-0.4, -0.2) is 26.7 Å². The average Bonchev–Trinajstić information content (AvgIpc) is 2.95. The van der Waals surface area contributed by atoms with Crippen molar-refractivity contribution in [2.75, 3.05) is 26.1 Å². The number of esters is 1. The van der Waals surface area contributed by atoms with E-state index in [-0.39, 0.29) is 5.97 Å². The summed E-state index contributed by atoms with van der Waals surface area (Å²) in [4.78, 5) is 11.4. The zero-order chi connectivity index (χ0) is 16.2. The number of fused-ring (bicyclic) bond motifs is 1. The predicted molar refractivity (Wildman–Crippen MR) is 87.3 cm³/mol. The van der Waals surface area contributed by atoms with E-state index in [0.717, 1.165) is 41.3 Å². The summed E-state index contributed by atoms with van der Waals surface area (Å²) >= 11 is 0. The molecule has 0 bridgehead atoms. The number of ether oxygens (including phenoxy) is 3. The molecule has 0 amide bonds. The van der Waals surface area contributed by atoms with Gasteiger partial charge in [-0.15, -0.1) is 0 Å². The molecule has 0 aliphatic carbocycles. The Morgan fingerprint density at radius 3 is 2.78 bits per heavy atom. The number of benzene rings is 2. The smallest absolute Gasteiger partial charge is 0.338 e. The molecule has 0 fully saturated rings. The van der Waals surface area contributed by atoms with E-state index in [2.05, 4.69) is 5.32 Å². The second kappa shape index (κ2) is 6.60. The van der Waals surface area contributed by atoms with Crippen LogP contribution in [0.1, 0.15) is 21.5 Å². The summed E-state index contributed by atoms with van der Waals surface area (Å²) in [7, 11) is 3.29. The van der Waals surface area contributed by atoms with Crippen LogP contribution in [0.25, 0.3) is 0 Å². The largest absolute Gasteiger partial charge is 0.497 e. The van der Waals surface area contributed by atoms with Gasteiger partial charge in [-0.25, -0.2) is 4.79 Å². The number of carbonyl (C=O) groups is 1. The van der Waals surface area contributed by atoms with E-state index in [4.69, 9.17) is 14.2 Å². The molecule has 0 saturated heterocycles. The van der Waals surface area contributed by atoms with E-state index in [0.29, 0.717) is 12.2 Å². The zero-order valence-corrected chi connectivity index (χ0v) is 13.2. The van der Waals surface area contributed by atoms with E-state index in [1.165, 1.54) is 0 Å². The highest BCUT2D eigenvalue weighted by Crippen LogP contribution is 2.26. The van der Waals surface area contributed by atoms with Crippen LogP contribution in [0.15, 0.2) is 36.4 Å². The van der Waals surface area contributed by atoms with Crippen molar-refractivity contribution in [2.24, 2.45) is 0 Å². The summed E-state index contributed by atoms with van der Waals surface area (Å²) in [6, 6.07) is 11.5. The lowest BCUT2D eigenvalue weighted by molar-refractivity contribution is 0.0535. The van der Waals surface area contributed by atoms with Crippen LogP contribution >= 0.6 is 0 Å². The minimum absolute atomic E-state index is 0.241. The Labute approximate surface area is 135 Å². The molecule has 0 saturated carbocycles. The van der Waals surface area contributed by atoms with Crippen molar-refractivity contribution in [2.45, 2.75) is 13.0 Å². The van der Waals surface area contributed by atoms with E-state index < -0.39 is 0 Å². The van der Waals surface area contributed by atoms with Crippen LogP contribution < -0.4 is 14.8 Å². The van der Waals surface area contributed by atoms with Crippen LogP contribution in [0.2, 0.25) is 0 Å². The Hall–Kier alpha value is -2.69. The highest BCUT2D eigenvalue weighted by atomic mass is 16.5. The quantitative estimate of drug-likeness (QED) is 0.831. The van der Waals surface area contributed by atoms with Gasteiger partial charge in [0.1, 0.15) is 18.1 Å². The number of anilines is 1. The first-order chi connectivity index (χ1) is 11.2. The number of nitrogens with one attached hydrogen (secondary N) is 1. The first-order valence-corrected chi connectivity index (χ1v) is 7.46. The molecule has 2 aromatic carbocycles. The van der Waals surface area contributed by atoms with Gasteiger partial charge in [0.15, 0.2) is 0 Å². The molecule has 0 unspecified atom stereocenters. The standard InChI is InChI=1S/C18H19NO4/c1-21-15-5-3-12(17(10-15)22-2)7-8-19-14-4-6-16-13(9-14)11-23-18(16)20/h3-6,9-10,19H,7-8,11H2,1-2H3. The fraction of sp³-hybridized carbons (Fsp3) is 0.278. The molecule has 0 atom stereocenters. The molecule has 120 valence electrons. The summed E-state index contributed by atoms with van der Waals surface area (Å²) in [5.74, 6) is 1.36. The zero-order valence-electron chi connectivity index (χ0n) is 13.2. The number of rotatable bonds is 6. The molecule has 23 heavy (non-hydrogen) atoms. The average molecular weight is 313 g/mol. The maximum absolute atomic E-state index is 11.4. The molecule has 5 heteroatoms. The van der Waals surface area contributed by atoms with Gasteiger partial charge in [-0.1, -0.05) is 6.07 Å². The third-order valence-electron chi connectivity index (χ3n) is 3.90. The summed E-state index contributed by atoms with van der Waals surface area (Å²) in [5, 5.41) is 3.36. The molecule has 5 nitrogen and oxygen atoms in total. The third-order valence-corrected chi connectivity index (χ3v) is 3.90. The molecule has 1 heterocycles. The highest BCUT2D eigenvalue weighted by molar-refractivity contribution is 5.93. The number of hydrogen-bond donors (Lipinski definition) is 1. The number of cyclic esters (lactones) is 1. The second-order valence-electron chi connectivity index (χ2n) is 5.30. The Morgan fingerprint density at radius 1 is 1.13 bits per heavy atom. The highest BCUT2D eigenvalue weighted by Gasteiger charge is 2.20. The predicted octanol–water partition coefficient (Wildman–Crippen LogP) is 3.03. The summed E-state index contributed by atoms with van der Waals surface area (Å²) < 4.78 is 15.6. The lowest BCUT2D eigenvalue weighted by Gasteiger charge is -2.12. The first kappa shape index (κ1) is 15.2. The molecule has 2 aromatic rings. The molecule has 0 spiro atoms. The topological polar surface area (TPSA) is 56.8 Å². The fourth-order valence-electron chi connectivity index (χ4n) is 2.64. The van der Waals surface area contributed by atoms with Crippen molar-refractivity contribution in [3.05, 3.63) is 53.1 Å². The van der Waals surface area contributed by atoms with Gasteiger partial charge in [0.25, 0.3) is 0 Å². The minimum Gasteiger partial charge on any atom is -0.497 e. The molecule has 0 radical (unpaired) electrons. The second-order valence-corrected chi connectivity index (χ2v) is 5.30. The summed E-state index contributed by atoms with van der Waals surface area (Å²) in [6.45, 7) is 1.12. The Kier molecular flexibility index (Phi) is 4.37. The van der Waals surface area contributed by atoms with Gasteiger partial charge in [0, 0.05) is 23.9 Å². The maximum Gasteiger partial charge on any atom is 0.338 e. The molecule has 0 aromatic heterocycles. The molecular weight excluding hydrogens is 294 g/mol. The Balaban J connectivity index is 1.63. The lowest BCUT2D eigenvalue weighted by atomic mass is 10.1. The van der Waals surface area contributed by atoms with E-state index in [1.807, 2.05) is 30.3 Å². The van der Waals surface area contributed by atoms with E-state index in [1.54, 1.807) is 20.3 Å². The number of carbonyl (C=O) groups excluding carboxylic acids is 1. The molecular formula is C18H19NO4. The van der Waals surface area contributed by atoms with Crippen LogP contribution in [0, 0.1) is 0 Å². The van der Waals surface area contributed by atoms with Gasteiger partial charge in [-0.05, 0) is 36.2 Å². The van der Waals surface area contributed by atoms with Crippen molar-refractivity contribution in [3.8, 4) is 11.5 Å². The Morgan fingerprint density at radius 2 is 2.00 bits per heavy atom. The number of methoxy groups -OCH3 is 2. The van der Waals surface area contributed by atoms with Gasteiger partial charge >= 0.3 is 5.97 Å². The van der Waals surface area contributed by atoms with E-state index in [9.17, 15) is 4.79 Å². The monoisotopic (exact) mass is 313 g/mol. The summed E-state index contributed by atoms with van der Waals surface area (Å²) in [5.41, 5.74) is 3.68. The lowest BCUT2D eigenvalue weighted by Crippen LogP contribution is -2.06. The SMILES string of the molecule is COc1ccc(CCNc2ccc3c(c2)COC3=O)c(OC)c1. The van der Waals surface area contributed by atoms with Crippen molar-refractivity contribution < 1.29 is 19.0 Å². The third kappa shape index (κ3) is 3.23. The van der Waals surface area contributed by atoms with Crippen molar-refractivity contribution >= 4 is 11.7 Å². The van der Waals surface area contributed by atoms with Gasteiger partial charge in [-0.2, -0.15) is 0 Å². The number of hydrogen-bond acceptors (Lipinski definition) is 5. The molecule has 1 N–H and O–H groups in total. The van der Waals surface area contributed by atoms with Crippen molar-refractivity contribution in [1.82, 2.24) is 0 Å².